The van der Waals surface area contributed by atoms with E-state index in [1.165, 1.54) is 5.57 Å². The number of nitrogens with zero attached hydrogens (tertiary/aromatic N) is 2. The highest BCUT2D eigenvalue weighted by molar-refractivity contribution is 5.64. The summed E-state index contributed by atoms with van der Waals surface area (Å²) in [4.78, 5) is 6.87. The van der Waals surface area contributed by atoms with Gasteiger partial charge < -0.3 is 4.90 Å². The number of pyridine rings is 1. The molecule has 0 fully saturated rings. The fraction of sp³-hybridized carbons (Fsp3) is 0.417. The third-order valence-electron chi connectivity index (χ3n) is 2.56. The number of rotatable bonds is 1. The third-order valence-corrected chi connectivity index (χ3v) is 2.56. The Balaban J connectivity index is 2.26. The number of aromatic nitrogens is 1. The Kier molecular flexibility index (Phi) is 2.64. The van der Waals surface area contributed by atoms with Crippen LogP contribution in [0.25, 0.3) is 5.57 Å². The van der Waals surface area contributed by atoms with Gasteiger partial charge >= 0.3 is 0 Å². The molecule has 14 heavy (non-hydrogen) atoms. The summed E-state index contributed by atoms with van der Waals surface area (Å²) >= 11 is 0. The summed E-state index contributed by atoms with van der Waals surface area (Å²) < 4.78 is 0. The zero-order valence-corrected chi connectivity index (χ0v) is 8.83. The minimum atomic E-state index is 1.02. The molecule has 1 aromatic heterocycles. The van der Waals surface area contributed by atoms with Crippen molar-refractivity contribution in [3.63, 3.8) is 0 Å². The molecule has 0 bridgehead atoms. The van der Waals surface area contributed by atoms with Crippen LogP contribution in [0.15, 0.2) is 24.3 Å². The first kappa shape index (κ1) is 9.41. The van der Waals surface area contributed by atoms with E-state index in [0.717, 1.165) is 30.9 Å². The van der Waals surface area contributed by atoms with Crippen LogP contribution >= 0.6 is 0 Å². The summed E-state index contributed by atoms with van der Waals surface area (Å²) in [5, 5.41) is 0. The smallest absolute Gasteiger partial charge is 0.0674 e. The van der Waals surface area contributed by atoms with E-state index in [0.29, 0.717) is 0 Å². The Morgan fingerprint density at radius 2 is 2.21 bits per heavy atom. The Morgan fingerprint density at radius 1 is 1.36 bits per heavy atom. The highest BCUT2D eigenvalue weighted by Gasteiger charge is 2.10. The predicted molar refractivity (Wildman–Crippen MR) is 59.1 cm³/mol. The topological polar surface area (TPSA) is 16.1 Å². The lowest BCUT2D eigenvalue weighted by molar-refractivity contribution is 0.372. The standard InChI is InChI=1S/C12H16N2/c1-10-5-3-7-12(13-10)11-6-4-8-14(2)9-11/h3,5-7H,4,8-9H2,1-2H3. The molecule has 1 aromatic rings. The van der Waals surface area contributed by atoms with E-state index >= 15 is 0 Å². The highest BCUT2D eigenvalue weighted by atomic mass is 15.1. The molecule has 0 unspecified atom stereocenters. The van der Waals surface area contributed by atoms with E-state index in [4.69, 9.17) is 0 Å². The van der Waals surface area contributed by atoms with Gasteiger partial charge in [-0.25, -0.2) is 0 Å². The van der Waals surface area contributed by atoms with Crippen molar-refractivity contribution in [1.82, 2.24) is 9.88 Å². The predicted octanol–water partition coefficient (Wildman–Crippen LogP) is 2.11. The quantitative estimate of drug-likeness (QED) is 0.671. The van der Waals surface area contributed by atoms with Crippen LogP contribution in [0.2, 0.25) is 0 Å². The van der Waals surface area contributed by atoms with Crippen LogP contribution in [-0.4, -0.2) is 30.0 Å². The van der Waals surface area contributed by atoms with Gasteiger partial charge in [0, 0.05) is 18.8 Å². The molecular formula is C12H16N2. The summed E-state index contributed by atoms with van der Waals surface area (Å²) in [5.41, 5.74) is 3.59. The number of hydrogen-bond acceptors (Lipinski definition) is 2. The Morgan fingerprint density at radius 3 is 2.93 bits per heavy atom. The number of likely N-dealkylation sites (N-methyl/N-ethyl adjacent to an activating group) is 1. The lowest BCUT2D eigenvalue weighted by Gasteiger charge is -2.22. The van der Waals surface area contributed by atoms with Crippen LogP contribution in [0.5, 0.6) is 0 Å². The second-order valence-corrected chi connectivity index (χ2v) is 3.92. The maximum absolute atomic E-state index is 4.54. The van der Waals surface area contributed by atoms with Gasteiger partial charge in [0.1, 0.15) is 0 Å². The normalized spacial score (nSPS) is 18.0. The minimum Gasteiger partial charge on any atom is -0.302 e. The molecule has 1 aliphatic heterocycles. The van der Waals surface area contributed by atoms with E-state index < -0.39 is 0 Å². The van der Waals surface area contributed by atoms with Gasteiger partial charge in [0.2, 0.25) is 0 Å². The van der Waals surface area contributed by atoms with E-state index in [9.17, 15) is 0 Å². The van der Waals surface area contributed by atoms with Crippen LogP contribution in [0, 0.1) is 6.92 Å². The Hall–Kier alpha value is -1.15. The fourth-order valence-electron chi connectivity index (χ4n) is 1.80. The SMILES string of the molecule is Cc1cccc(C2=CCCN(C)C2)n1. The van der Waals surface area contributed by atoms with Crippen molar-refractivity contribution in [3.8, 4) is 0 Å². The van der Waals surface area contributed by atoms with Crippen molar-refractivity contribution in [1.29, 1.82) is 0 Å². The van der Waals surface area contributed by atoms with Gasteiger partial charge in [-0.2, -0.15) is 0 Å². The molecule has 0 aliphatic carbocycles. The summed E-state index contributed by atoms with van der Waals surface area (Å²) in [6.45, 7) is 4.22. The molecule has 2 nitrogen and oxygen atoms in total. The molecule has 0 saturated carbocycles. The first-order valence-corrected chi connectivity index (χ1v) is 5.07. The van der Waals surface area contributed by atoms with Crippen molar-refractivity contribution in [3.05, 3.63) is 35.7 Å². The molecule has 0 saturated heterocycles. The van der Waals surface area contributed by atoms with E-state index in [1.807, 2.05) is 13.0 Å². The molecule has 0 amide bonds. The largest absolute Gasteiger partial charge is 0.302 e. The number of aryl methyl sites for hydroxylation is 1. The zero-order valence-electron chi connectivity index (χ0n) is 8.83. The van der Waals surface area contributed by atoms with Gasteiger partial charge in [0.25, 0.3) is 0 Å². The molecule has 2 heteroatoms. The molecule has 0 spiro atoms. The molecule has 2 rings (SSSR count). The summed E-state index contributed by atoms with van der Waals surface area (Å²) in [6, 6.07) is 6.21. The highest BCUT2D eigenvalue weighted by Crippen LogP contribution is 2.17. The van der Waals surface area contributed by atoms with Gasteiger partial charge in [0.15, 0.2) is 0 Å². The first-order chi connectivity index (χ1) is 6.75. The molecule has 0 aromatic carbocycles. The van der Waals surface area contributed by atoms with Crippen LogP contribution < -0.4 is 0 Å². The van der Waals surface area contributed by atoms with Crippen molar-refractivity contribution < 1.29 is 0 Å². The van der Waals surface area contributed by atoms with E-state index in [2.05, 4.69) is 35.1 Å². The average molecular weight is 188 g/mol. The summed E-state index contributed by atoms with van der Waals surface area (Å²) in [6.07, 6.45) is 3.45. The molecule has 2 heterocycles. The van der Waals surface area contributed by atoms with Crippen LogP contribution in [0.4, 0.5) is 0 Å². The van der Waals surface area contributed by atoms with Crippen LogP contribution in [-0.2, 0) is 0 Å². The van der Waals surface area contributed by atoms with Crippen LogP contribution in [0.3, 0.4) is 0 Å². The van der Waals surface area contributed by atoms with Crippen molar-refractivity contribution in [2.75, 3.05) is 20.1 Å². The van der Waals surface area contributed by atoms with Crippen molar-refractivity contribution in [2.45, 2.75) is 13.3 Å². The molecule has 74 valence electrons. The molecular weight excluding hydrogens is 172 g/mol. The summed E-state index contributed by atoms with van der Waals surface area (Å²) in [7, 11) is 2.16. The maximum Gasteiger partial charge on any atom is 0.0674 e. The minimum absolute atomic E-state index is 1.02. The fourth-order valence-corrected chi connectivity index (χ4v) is 1.80. The van der Waals surface area contributed by atoms with Gasteiger partial charge in [-0.1, -0.05) is 12.1 Å². The van der Waals surface area contributed by atoms with Crippen molar-refractivity contribution in [2.24, 2.45) is 0 Å². The average Bonchev–Trinajstić information content (AvgIpc) is 2.18. The van der Waals surface area contributed by atoms with Gasteiger partial charge in [-0.05, 0) is 38.1 Å². The molecule has 1 aliphatic rings. The summed E-state index contributed by atoms with van der Waals surface area (Å²) in [5.74, 6) is 0. The van der Waals surface area contributed by atoms with Crippen LogP contribution in [0.1, 0.15) is 17.8 Å². The monoisotopic (exact) mass is 188 g/mol. The van der Waals surface area contributed by atoms with E-state index in [1.54, 1.807) is 0 Å². The van der Waals surface area contributed by atoms with Gasteiger partial charge in [-0.3, -0.25) is 4.98 Å². The van der Waals surface area contributed by atoms with Gasteiger partial charge in [0.05, 0.1) is 5.69 Å². The first-order valence-electron chi connectivity index (χ1n) is 5.07. The lowest BCUT2D eigenvalue weighted by atomic mass is 10.1. The molecule has 0 N–H and O–H groups in total. The second-order valence-electron chi connectivity index (χ2n) is 3.92. The molecule has 0 atom stereocenters. The zero-order chi connectivity index (χ0) is 9.97. The molecule has 0 radical (unpaired) electrons. The van der Waals surface area contributed by atoms with Crippen molar-refractivity contribution >= 4 is 5.57 Å². The van der Waals surface area contributed by atoms with E-state index in [-0.39, 0.29) is 0 Å². The Labute approximate surface area is 85.3 Å². The van der Waals surface area contributed by atoms with Gasteiger partial charge in [-0.15, -0.1) is 0 Å². The third kappa shape index (κ3) is 2.02. The Bertz CT molecular complexity index is 355. The second kappa shape index (κ2) is 3.93. The number of hydrogen-bond donors (Lipinski definition) is 0. The maximum atomic E-state index is 4.54. The lowest BCUT2D eigenvalue weighted by Crippen LogP contribution is -2.25.